The highest BCUT2D eigenvalue weighted by molar-refractivity contribution is 7.10. The summed E-state index contributed by atoms with van der Waals surface area (Å²) in [5, 5.41) is 6.26. The molecule has 4 aromatic rings. The zero-order valence-corrected chi connectivity index (χ0v) is 19.6. The molecule has 0 saturated carbocycles. The zero-order valence-electron chi connectivity index (χ0n) is 17.3. The van der Waals surface area contributed by atoms with E-state index in [0.29, 0.717) is 19.2 Å². The Morgan fingerprint density at radius 2 is 1.90 bits per heavy atom. The van der Waals surface area contributed by atoms with Gasteiger partial charge in [0, 0.05) is 23.0 Å². The summed E-state index contributed by atoms with van der Waals surface area (Å²) in [4.78, 5) is 25.9. The quantitative estimate of drug-likeness (QED) is 0.455. The van der Waals surface area contributed by atoms with Crippen LogP contribution in [0.5, 0.6) is 0 Å². The van der Waals surface area contributed by atoms with E-state index in [2.05, 4.69) is 9.59 Å². The minimum atomic E-state index is -0.549. The summed E-state index contributed by atoms with van der Waals surface area (Å²) in [5.74, 6) is -0.0535. The summed E-state index contributed by atoms with van der Waals surface area (Å²) in [6.07, 6.45) is 3.40. The summed E-state index contributed by atoms with van der Waals surface area (Å²) >= 11 is 8.52. The van der Waals surface area contributed by atoms with E-state index >= 15 is 0 Å². The van der Waals surface area contributed by atoms with Crippen LogP contribution in [0.4, 0.5) is 0 Å². The second kappa shape index (κ2) is 8.49. The molecule has 0 aliphatic heterocycles. The van der Waals surface area contributed by atoms with Crippen molar-refractivity contribution in [2.45, 2.75) is 27.3 Å². The van der Waals surface area contributed by atoms with E-state index in [0.717, 1.165) is 27.9 Å². The van der Waals surface area contributed by atoms with Gasteiger partial charge in [-0.2, -0.15) is 0 Å². The Labute approximate surface area is 192 Å². The van der Waals surface area contributed by atoms with E-state index in [1.807, 2.05) is 69.3 Å². The van der Waals surface area contributed by atoms with Crippen LogP contribution >= 0.6 is 34.5 Å². The number of nitrogens with zero attached hydrogens (tertiary/aromatic N) is 3. The van der Waals surface area contributed by atoms with E-state index in [-0.39, 0.29) is 17.9 Å². The summed E-state index contributed by atoms with van der Waals surface area (Å²) in [6.45, 7) is 5.72. The first kappa shape index (κ1) is 21.6. The van der Waals surface area contributed by atoms with Crippen LogP contribution < -0.4 is 14.8 Å². The molecule has 0 bridgehead atoms. The Balaban J connectivity index is 1.88. The number of halogens is 1. The molecule has 0 spiro atoms. The smallest absolute Gasteiger partial charge is 0.269 e. The van der Waals surface area contributed by atoms with Crippen molar-refractivity contribution >= 4 is 63.2 Å². The van der Waals surface area contributed by atoms with Crippen molar-refractivity contribution in [3.63, 3.8) is 0 Å². The van der Waals surface area contributed by atoms with Crippen LogP contribution in [-0.4, -0.2) is 19.9 Å². The lowest BCUT2D eigenvalue weighted by atomic mass is 9.91. The highest BCUT2D eigenvalue weighted by atomic mass is 35.5. The van der Waals surface area contributed by atoms with Crippen molar-refractivity contribution in [3.8, 4) is 0 Å². The predicted molar refractivity (Wildman–Crippen MR) is 128 cm³/mol. The number of carbonyl (C=O) groups is 1. The summed E-state index contributed by atoms with van der Waals surface area (Å²) in [7, 11) is 0. The molecule has 0 aliphatic rings. The Morgan fingerprint density at radius 1 is 1.16 bits per heavy atom. The van der Waals surface area contributed by atoms with Crippen molar-refractivity contribution < 1.29 is 4.79 Å². The van der Waals surface area contributed by atoms with Gasteiger partial charge in [0.2, 0.25) is 0 Å². The number of carbonyl (C=O) groups excluding carboxylic acids is 1. The molecule has 2 aromatic carbocycles. The fourth-order valence-corrected chi connectivity index (χ4v) is 4.66. The van der Waals surface area contributed by atoms with Gasteiger partial charge in [0.05, 0.1) is 11.1 Å². The molecule has 0 amide bonds. The van der Waals surface area contributed by atoms with Crippen molar-refractivity contribution in [3.05, 3.63) is 77.6 Å². The van der Waals surface area contributed by atoms with Crippen LogP contribution in [0.25, 0.3) is 22.9 Å². The third-order valence-corrected chi connectivity index (χ3v) is 6.86. The molecular formula is C23H20ClN3O2S2. The lowest BCUT2D eigenvalue weighted by Crippen LogP contribution is -2.33. The number of aromatic nitrogens is 3. The van der Waals surface area contributed by atoms with Gasteiger partial charge in [0.25, 0.3) is 5.56 Å². The van der Waals surface area contributed by atoms with Crippen LogP contribution in [0.2, 0.25) is 4.34 Å². The predicted octanol–water partition coefficient (Wildman–Crippen LogP) is 3.84. The first-order chi connectivity index (χ1) is 14.7. The second-order valence-corrected chi connectivity index (χ2v) is 10.6. The number of fused-ring (bicyclic) bond motifs is 1. The molecule has 2 heterocycles. The third-order valence-electron chi connectivity index (χ3n) is 4.82. The summed E-state index contributed by atoms with van der Waals surface area (Å²) in [5.41, 5.74) is 0.704. The SMILES string of the molecule is CC(C)(C)C(=O)C=c1sc(=Cc2ccc3ccccc3c2)c(=O)n1Cc1nnsc1Cl. The van der Waals surface area contributed by atoms with Gasteiger partial charge in [0.15, 0.2) is 5.78 Å². The Hall–Kier alpha value is -2.61. The highest BCUT2D eigenvalue weighted by Gasteiger charge is 2.20. The van der Waals surface area contributed by atoms with Crippen LogP contribution in [0, 0.1) is 5.41 Å². The van der Waals surface area contributed by atoms with Crippen LogP contribution in [-0.2, 0) is 11.3 Å². The Morgan fingerprint density at radius 3 is 2.58 bits per heavy atom. The van der Waals surface area contributed by atoms with Crippen LogP contribution in [0.15, 0.2) is 47.3 Å². The number of benzene rings is 2. The van der Waals surface area contributed by atoms with Gasteiger partial charge in [-0.15, -0.1) is 16.4 Å². The maximum absolute atomic E-state index is 13.2. The fraction of sp³-hybridized carbons (Fsp3) is 0.217. The summed E-state index contributed by atoms with van der Waals surface area (Å²) < 4.78 is 6.94. The average molecular weight is 470 g/mol. The van der Waals surface area contributed by atoms with Crippen LogP contribution in [0.1, 0.15) is 32.0 Å². The average Bonchev–Trinajstić information content (AvgIpc) is 3.25. The Bertz CT molecular complexity index is 1460. The minimum absolute atomic E-state index is 0.0535. The van der Waals surface area contributed by atoms with E-state index < -0.39 is 5.41 Å². The number of hydrogen-bond donors (Lipinski definition) is 0. The molecule has 31 heavy (non-hydrogen) atoms. The first-order valence-electron chi connectivity index (χ1n) is 9.65. The van der Waals surface area contributed by atoms with Gasteiger partial charge in [-0.25, -0.2) is 0 Å². The molecule has 0 N–H and O–H groups in total. The largest absolute Gasteiger partial charge is 0.294 e. The van der Waals surface area contributed by atoms with E-state index in [9.17, 15) is 9.59 Å². The molecule has 0 unspecified atom stereocenters. The van der Waals surface area contributed by atoms with Crippen molar-refractivity contribution in [2.24, 2.45) is 5.41 Å². The molecule has 4 rings (SSSR count). The summed E-state index contributed by atoms with van der Waals surface area (Å²) in [6, 6.07) is 14.1. The maximum atomic E-state index is 13.2. The standard InChI is InChI=1S/C23H20ClN3O2S2/c1-23(2,3)19(28)12-20-27(13-17-21(24)31-26-25-17)22(29)18(30-20)11-14-8-9-15-6-4-5-7-16(15)10-14/h4-12H,13H2,1-3H3. The molecule has 0 saturated heterocycles. The van der Waals surface area contributed by atoms with Gasteiger partial charge < -0.3 is 0 Å². The molecule has 5 nitrogen and oxygen atoms in total. The molecule has 0 atom stereocenters. The van der Waals surface area contributed by atoms with Gasteiger partial charge in [-0.3, -0.25) is 14.2 Å². The molecule has 0 fully saturated rings. The number of hydrogen-bond acceptors (Lipinski definition) is 6. The molecule has 158 valence electrons. The zero-order chi connectivity index (χ0) is 22.2. The normalized spacial score (nSPS) is 13.3. The number of Topliss-reactive ketones (excluding diaryl/α,β-unsaturated/α-hetero) is 1. The topological polar surface area (TPSA) is 64.8 Å². The second-order valence-electron chi connectivity index (χ2n) is 8.20. The fourth-order valence-electron chi connectivity index (χ4n) is 3.01. The minimum Gasteiger partial charge on any atom is -0.294 e. The van der Waals surface area contributed by atoms with Crippen molar-refractivity contribution in [2.75, 3.05) is 0 Å². The van der Waals surface area contributed by atoms with Gasteiger partial charge in [-0.05, 0) is 28.5 Å². The van der Waals surface area contributed by atoms with E-state index in [1.165, 1.54) is 17.4 Å². The lowest BCUT2D eigenvalue weighted by molar-refractivity contribution is -0.120. The van der Waals surface area contributed by atoms with E-state index in [4.69, 9.17) is 11.6 Å². The Kier molecular flexibility index (Phi) is 5.92. The molecule has 0 radical (unpaired) electrons. The third kappa shape index (κ3) is 4.69. The molecule has 8 heteroatoms. The monoisotopic (exact) mass is 469 g/mol. The van der Waals surface area contributed by atoms with Crippen molar-refractivity contribution in [1.29, 1.82) is 0 Å². The van der Waals surface area contributed by atoms with Gasteiger partial charge in [0.1, 0.15) is 14.7 Å². The molecule has 2 aromatic heterocycles. The van der Waals surface area contributed by atoms with Crippen LogP contribution in [0.3, 0.4) is 0 Å². The first-order valence-corrected chi connectivity index (χ1v) is 11.6. The molecule has 0 aliphatic carbocycles. The van der Waals surface area contributed by atoms with E-state index in [1.54, 1.807) is 4.57 Å². The highest BCUT2D eigenvalue weighted by Crippen LogP contribution is 2.18. The number of ketones is 1. The number of thiazole rings is 1. The number of rotatable bonds is 4. The lowest BCUT2D eigenvalue weighted by Gasteiger charge is -2.12. The molecular weight excluding hydrogens is 450 g/mol. The van der Waals surface area contributed by atoms with Gasteiger partial charge in [-0.1, -0.05) is 73.3 Å². The van der Waals surface area contributed by atoms with Crippen molar-refractivity contribution in [1.82, 2.24) is 14.2 Å². The van der Waals surface area contributed by atoms with Gasteiger partial charge >= 0.3 is 0 Å². The maximum Gasteiger partial charge on any atom is 0.269 e.